The predicted molar refractivity (Wildman–Crippen MR) is 105 cm³/mol. The number of rotatable bonds is 9. The summed E-state index contributed by atoms with van der Waals surface area (Å²) in [5, 5.41) is 0.637. The van der Waals surface area contributed by atoms with Gasteiger partial charge in [0, 0.05) is 22.9 Å². The molecule has 1 fully saturated rings. The van der Waals surface area contributed by atoms with Gasteiger partial charge in [-0.15, -0.1) is 11.8 Å². The summed E-state index contributed by atoms with van der Waals surface area (Å²) in [4.78, 5) is 27.7. The van der Waals surface area contributed by atoms with Gasteiger partial charge in [0.15, 0.2) is 13.1 Å². The molecule has 2 rings (SSSR count). The lowest BCUT2D eigenvalue weighted by Gasteiger charge is -2.26. The van der Waals surface area contributed by atoms with Crippen LogP contribution in [0.4, 0.5) is 0 Å². The fraction of sp³-hybridized carbons (Fsp3) is 0.579. The molecule has 1 aromatic rings. The van der Waals surface area contributed by atoms with Crippen LogP contribution in [-0.4, -0.2) is 55.3 Å². The summed E-state index contributed by atoms with van der Waals surface area (Å²) in [6.45, 7) is 6.31. The maximum atomic E-state index is 12.9. The van der Waals surface area contributed by atoms with Gasteiger partial charge < -0.3 is 14.5 Å². The van der Waals surface area contributed by atoms with Gasteiger partial charge in [-0.25, -0.2) is 4.79 Å². The van der Waals surface area contributed by atoms with E-state index in [9.17, 15) is 9.59 Å². The van der Waals surface area contributed by atoms with Gasteiger partial charge in [0.05, 0.1) is 13.2 Å². The Balaban J connectivity index is 2.04. The zero-order valence-corrected chi connectivity index (χ0v) is 17.1. The Bertz CT molecular complexity index is 614. The molecular formula is C19H28ClN2O3S+. The number of nitrogens with zero attached hydrogens (tertiary/aromatic N) is 1. The lowest BCUT2D eigenvalue weighted by molar-refractivity contribution is -0.885. The SMILES string of the molecule is CCCC[NH+](CC(=O)OCC)CC(=O)N1CCS[C@H]1c1ccccc1Cl. The van der Waals surface area contributed by atoms with Crippen LogP contribution in [0.25, 0.3) is 0 Å². The Labute approximate surface area is 165 Å². The van der Waals surface area contributed by atoms with Crippen molar-refractivity contribution in [1.29, 1.82) is 0 Å². The minimum absolute atomic E-state index is 0.0498. The molecule has 0 radical (unpaired) electrons. The number of thioether (sulfide) groups is 1. The summed E-state index contributed by atoms with van der Waals surface area (Å²) in [7, 11) is 0. The first-order valence-electron chi connectivity index (χ1n) is 9.21. The molecule has 0 saturated carbocycles. The van der Waals surface area contributed by atoms with E-state index in [1.54, 1.807) is 18.7 Å². The lowest BCUT2D eigenvalue weighted by Crippen LogP contribution is -3.14. The molecule has 1 amide bonds. The van der Waals surface area contributed by atoms with E-state index in [0.29, 0.717) is 24.7 Å². The van der Waals surface area contributed by atoms with Crippen molar-refractivity contribution in [2.45, 2.75) is 32.1 Å². The molecule has 26 heavy (non-hydrogen) atoms. The molecule has 1 aliphatic heterocycles. The molecule has 7 heteroatoms. The first-order valence-corrected chi connectivity index (χ1v) is 10.6. The molecule has 2 atom stereocenters. The molecule has 0 spiro atoms. The summed E-state index contributed by atoms with van der Waals surface area (Å²) in [6.07, 6.45) is 2.01. The number of benzene rings is 1. The van der Waals surface area contributed by atoms with Gasteiger partial charge in [0.25, 0.3) is 5.91 Å². The van der Waals surface area contributed by atoms with E-state index in [4.69, 9.17) is 16.3 Å². The number of carbonyl (C=O) groups is 2. The zero-order valence-electron chi connectivity index (χ0n) is 15.5. The summed E-state index contributed by atoms with van der Waals surface area (Å²) in [5.74, 6) is 0.712. The van der Waals surface area contributed by atoms with E-state index < -0.39 is 0 Å². The topological polar surface area (TPSA) is 51.1 Å². The van der Waals surface area contributed by atoms with Crippen molar-refractivity contribution in [2.24, 2.45) is 0 Å². The predicted octanol–water partition coefficient (Wildman–Crippen LogP) is 2.16. The summed E-state index contributed by atoms with van der Waals surface area (Å²) in [5.41, 5.74) is 0.977. The van der Waals surface area contributed by atoms with Crippen molar-refractivity contribution in [3.05, 3.63) is 34.9 Å². The number of halogens is 1. The van der Waals surface area contributed by atoms with Crippen LogP contribution >= 0.6 is 23.4 Å². The average molecular weight is 400 g/mol. The molecule has 5 nitrogen and oxygen atoms in total. The average Bonchev–Trinajstić information content (AvgIpc) is 3.10. The highest BCUT2D eigenvalue weighted by molar-refractivity contribution is 7.99. The number of nitrogens with one attached hydrogen (secondary N) is 1. The Morgan fingerprint density at radius 3 is 2.77 bits per heavy atom. The van der Waals surface area contributed by atoms with Crippen LogP contribution < -0.4 is 4.90 Å². The van der Waals surface area contributed by atoms with E-state index in [1.807, 2.05) is 29.2 Å². The van der Waals surface area contributed by atoms with Gasteiger partial charge in [-0.05, 0) is 19.4 Å². The van der Waals surface area contributed by atoms with E-state index in [2.05, 4.69) is 6.92 Å². The Morgan fingerprint density at radius 2 is 2.08 bits per heavy atom. The summed E-state index contributed by atoms with van der Waals surface area (Å²) in [6, 6.07) is 7.68. The van der Waals surface area contributed by atoms with Gasteiger partial charge in [-0.1, -0.05) is 43.1 Å². The van der Waals surface area contributed by atoms with Crippen LogP contribution in [0.1, 0.15) is 37.6 Å². The lowest BCUT2D eigenvalue weighted by atomic mass is 10.2. The van der Waals surface area contributed by atoms with E-state index in [0.717, 1.165) is 35.6 Å². The molecule has 1 N–H and O–H groups in total. The van der Waals surface area contributed by atoms with Gasteiger partial charge in [-0.2, -0.15) is 0 Å². The minimum Gasteiger partial charge on any atom is -0.462 e. The quantitative estimate of drug-likeness (QED) is 0.646. The second-order valence-electron chi connectivity index (χ2n) is 6.34. The minimum atomic E-state index is -0.246. The monoisotopic (exact) mass is 399 g/mol. The molecule has 144 valence electrons. The normalized spacial score (nSPS) is 18.0. The molecule has 1 aromatic carbocycles. The van der Waals surface area contributed by atoms with Crippen LogP contribution in [0, 0.1) is 0 Å². The Hall–Kier alpha value is -1.24. The maximum absolute atomic E-state index is 12.9. The molecule has 0 aliphatic carbocycles. The molecule has 0 aromatic heterocycles. The van der Waals surface area contributed by atoms with Crippen LogP contribution in [0.5, 0.6) is 0 Å². The van der Waals surface area contributed by atoms with Crippen molar-refractivity contribution in [2.75, 3.05) is 38.5 Å². The van der Waals surface area contributed by atoms with E-state index in [1.165, 1.54) is 0 Å². The van der Waals surface area contributed by atoms with Crippen molar-refractivity contribution in [3.8, 4) is 0 Å². The van der Waals surface area contributed by atoms with Gasteiger partial charge in [0.2, 0.25) is 0 Å². The number of esters is 1. The molecule has 1 aliphatic rings. The Kier molecular flexibility index (Phi) is 8.75. The second kappa shape index (κ2) is 10.8. The fourth-order valence-electron chi connectivity index (χ4n) is 3.06. The fourth-order valence-corrected chi connectivity index (χ4v) is 4.67. The number of unbranched alkanes of at least 4 members (excludes halogenated alkanes) is 1. The molecular weight excluding hydrogens is 372 g/mol. The smallest absolute Gasteiger partial charge is 0.361 e. The van der Waals surface area contributed by atoms with Gasteiger partial charge in [-0.3, -0.25) is 4.79 Å². The number of hydrogen-bond acceptors (Lipinski definition) is 4. The zero-order chi connectivity index (χ0) is 18.9. The molecule has 1 saturated heterocycles. The number of carbonyl (C=O) groups excluding carboxylic acids is 2. The van der Waals surface area contributed by atoms with Crippen molar-refractivity contribution in [3.63, 3.8) is 0 Å². The van der Waals surface area contributed by atoms with Crippen molar-refractivity contribution in [1.82, 2.24) is 4.90 Å². The van der Waals surface area contributed by atoms with Crippen LogP contribution in [0.3, 0.4) is 0 Å². The van der Waals surface area contributed by atoms with E-state index in [-0.39, 0.29) is 23.8 Å². The highest BCUT2D eigenvalue weighted by Gasteiger charge is 2.33. The second-order valence-corrected chi connectivity index (χ2v) is 7.94. The standard InChI is InChI=1S/C19H27ClN2O3S/c1-3-5-10-21(14-18(24)25-4-2)13-17(23)22-11-12-26-19(22)15-8-6-7-9-16(15)20/h6-9,19H,3-5,10-14H2,1-2H3/p+1/t19-/m0/s1. The first-order chi connectivity index (χ1) is 12.6. The van der Waals surface area contributed by atoms with Gasteiger partial charge >= 0.3 is 5.97 Å². The number of quaternary nitrogens is 1. The molecule has 1 unspecified atom stereocenters. The van der Waals surface area contributed by atoms with Crippen molar-refractivity contribution >= 4 is 35.2 Å². The van der Waals surface area contributed by atoms with Gasteiger partial charge in [0.1, 0.15) is 5.37 Å². The summed E-state index contributed by atoms with van der Waals surface area (Å²) >= 11 is 8.07. The van der Waals surface area contributed by atoms with Crippen LogP contribution in [-0.2, 0) is 14.3 Å². The highest BCUT2D eigenvalue weighted by Crippen LogP contribution is 2.40. The maximum Gasteiger partial charge on any atom is 0.361 e. The van der Waals surface area contributed by atoms with Crippen molar-refractivity contribution < 1.29 is 19.2 Å². The molecule has 1 heterocycles. The summed E-state index contributed by atoms with van der Waals surface area (Å²) < 4.78 is 5.06. The third-order valence-corrected chi connectivity index (χ3v) is 5.95. The highest BCUT2D eigenvalue weighted by atomic mass is 35.5. The Morgan fingerprint density at radius 1 is 1.31 bits per heavy atom. The number of amides is 1. The first kappa shape index (κ1) is 21.1. The van der Waals surface area contributed by atoms with E-state index >= 15 is 0 Å². The van der Waals surface area contributed by atoms with Crippen LogP contribution in [0.15, 0.2) is 24.3 Å². The third kappa shape index (κ3) is 5.89. The molecule has 0 bridgehead atoms. The third-order valence-electron chi connectivity index (χ3n) is 4.37. The van der Waals surface area contributed by atoms with Crippen LogP contribution in [0.2, 0.25) is 5.02 Å². The largest absolute Gasteiger partial charge is 0.462 e. The number of hydrogen-bond donors (Lipinski definition) is 1. The number of ether oxygens (including phenoxy) is 1.